The van der Waals surface area contributed by atoms with Gasteiger partial charge in [-0.15, -0.1) is 0 Å². The Labute approximate surface area is 229 Å². The Morgan fingerprint density at radius 3 is 2.72 bits per heavy atom. The minimum atomic E-state index is 0.0977. The molecule has 2 aromatic heterocycles. The number of methoxy groups -OCH3 is 1. The lowest BCUT2D eigenvalue weighted by atomic mass is 10.1. The van der Waals surface area contributed by atoms with Crippen molar-refractivity contribution in [3.05, 3.63) is 53.6 Å². The lowest BCUT2D eigenvalue weighted by Gasteiger charge is -2.16. The zero-order valence-corrected chi connectivity index (χ0v) is 23.0. The number of hydrogen-bond donors (Lipinski definition) is 5. The van der Waals surface area contributed by atoms with Gasteiger partial charge in [0.15, 0.2) is 5.82 Å². The summed E-state index contributed by atoms with van der Waals surface area (Å²) >= 11 is 0. The van der Waals surface area contributed by atoms with E-state index >= 15 is 0 Å². The molecule has 1 aliphatic rings. The van der Waals surface area contributed by atoms with Gasteiger partial charge in [-0.3, -0.25) is 4.79 Å². The van der Waals surface area contributed by atoms with Crippen molar-refractivity contribution < 1.29 is 14.6 Å². The summed E-state index contributed by atoms with van der Waals surface area (Å²) in [5.74, 6) is 1.92. The molecule has 5 rings (SSSR count). The number of nitrogens with one attached hydrogen (secondary N) is 3. The number of unbranched alkanes of at least 4 members (excludes halogenated alkanes) is 1. The van der Waals surface area contributed by atoms with Crippen LogP contribution in [0.5, 0.6) is 5.75 Å². The SMILES string of the molecule is CCCCNc1nc(N)nc2c3ccccc3n(Cc3cc(CNC4CNC(=O)C4)ccc3OC)c12.CCO. The van der Waals surface area contributed by atoms with Crippen LogP contribution in [0.3, 0.4) is 0 Å². The molecular formula is C29H39N7O3. The average Bonchev–Trinajstić information content (AvgIpc) is 3.49. The number of aromatic nitrogens is 3. The number of anilines is 2. The molecule has 39 heavy (non-hydrogen) atoms. The Morgan fingerprint density at radius 2 is 2.00 bits per heavy atom. The first-order valence-electron chi connectivity index (χ1n) is 13.5. The van der Waals surface area contributed by atoms with Crippen molar-refractivity contribution in [1.82, 2.24) is 25.2 Å². The van der Waals surface area contributed by atoms with E-state index in [0.29, 0.717) is 26.1 Å². The number of fused-ring (bicyclic) bond motifs is 3. The lowest BCUT2D eigenvalue weighted by molar-refractivity contribution is -0.119. The first kappa shape index (κ1) is 28.1. The van der Waals surface area contributed by atoms with Gasteiger partial charge >= 0.3 is 0 Å². The first-order valence-corrected chi connectivity index (χ1v) is 13.5. The van der Waals surface area contributed by atoms with Crippen LogP contribution in [0.1, 0.15) is 44.2 Å². The van der Waals surface area contributed by atoms with Gasteiger partial charge in [-0.05, 0) is 37.1 Å². The average molecular weight is 534 g/mol. The van der Waals surface area contributed by atoms with Gasteiger partial charge in [0.2, 0.25) is 11.9 Å². The highest BCUT2D eigenvalue weighted by atomic mass is 16.5. The highest BCUT2D eigenvalue weighted by Gasteiger charge is 2.21. The van der Waals surface area contributed by atoms with Gasteiger partial charge in [-0.25, -0.2) is 4.98 Å². The smallest absolute Gasteiger partial charge is 0.222 e. The first-order chi connectivity index (χ1) is 19.0. The molecule has 0 bridgehead atoms. The second-order valence-corrected chi connectivity index (χ2v) is 9.56. The maximum atomic E-state index is 11.5. The number of aliphatic hydroxyl groups is 1. The van der Waals surface area contributed by atoms with Crippen LogP contribution in [0.25, 0.3) is 21.9 Å². The fourth-order valence-electron chi connectivity index (χ4n) is 4.86. The van der Waals surface area contributed by atoms with Crippen molar-refractivity contribution in [3.63, 3.8) is 0 Å². The summed E-state index contributed by atoms with van der Waals surface area (Å²) < 4.78 is 7.98. The number of amides is 1. The second-order valence-electron chi connectivity index (χ2n) is 9.56. The van der Waals surface area contributed by atoms with E-state index in [-0.39, 0.29) is 24.5 Å². The van der Waals surface area contributed by atoms with Crippen molar-refractivity contribution >= 4 is 39.6 Å². The summed E-state index contributed by atoms with van der Waals surface area (Å²) in [6.07, 6.45) is 2.64. The number of rotatable bonds is 10. The van der Waals surface area contributed by atoms with Gasteiger partial charge in [0, 0.05) is 49.7 Å². The molecule has 0 saturated carbocycles. The second kappa shape index (κ2) is 13.3. The molecule has 1 fully saturated rings. The van der Waals surface area contributed by atoms with Crippen molar-refractivity contribution in [2.24, 2.45) is 0 Å². The summed E-state index contributed by atoms with van der Waals surface area (Å²) in [4.78, 5) is 20.7. The Morgan fingerprint density at radius 1 is 1.21 bits per heavy atom. The number of nitrogens with two attached hydrogens (primary N) is 1. The van der Waals surface area contributed by atoms with Crippen molar-refractivity contribution in [3.8, 4) is 5.75 Å². The minimum Gasteiger partial charge on any atom is -0.496 e. The molecule has 208 valence electrons. The molecule has 1 aliphatic heterocycles. The zero-order chi connectivity index (χ0) is 27.8. The monoisotopic (exact) mass is 533 g/mol. The standard InChI is InChI=1S/C27H33N7O2.C2H6O/c1-3-4-11-29-26-25-24(32-27(28)33-26)20-7-5-6-8-21(20)34(25)16-18-12-17(9-10-22(18)36-2)14-30-19-13-23(35)31-15-19;1-2-3/h5-10,12,19,30H,3-4,11,13-16H2,1-2H3,(H,31,35)(H3,28,29,32,33);3H,2H2,1H3. The highest BCUT2D eigenvalue weighted by Crippen LogP contribution is 2.34. The van der Waals surface area contributed by atoms with E-state index in [2.05, 4.69) is 61.7 Å². The quantitative estimate of drug-likeness (QED) is 0.196. The molecule has 1 atom stereocenters. The summed E-state index contributed by atoms with van der Waals surface area (Å²) in [6, 6.07) is 14.6. The number of para-hydroxylation sites is 1. The van der Waals surface area contributed by atoms with Crippen LogP contribution in [0.2, 0.25) is 0 Å². The van der Waals surface area contributed by atoms with E-state index in [1.165, 1.54) is 0 Å². The summed E-state index contributed by atoms with van der Waals surface area (Å²) in [5.41, 5.74) is 11.1. The Balaban J connectivity index is 0.00000112. The maximum Gasteiger partial charge on any atom is 0.222 e. The predicted molar refractivity (Wildman–Crippen MR) is 156 cm³/mol. The van der Waals surface area contributed by atoms with Gasteiger partial charge in [0.25, 0.3) is 0 Å². The largest absolute Gasteiger partial charge is 0.496 e. The van der Waals surface area contributed by atoms with Crippen molar-refractivity contribution in [2.45, 2.75) is 52.2 Å². The van der Waals surface area contributed by atoms with Gasteiger partial charge in [-0.1, -0.05) is 37.6 Å². The highest BCUT2D eigenvalue weighted by molar-refractivity contribution is 6.09. The van der Waals surface area contributed by atoms with E-state index in [1.54, 1.807) is 14.0 Å². The van der Waals surface area contributed by atoms with Gasteiger partial charge in [0.05, 0.1) is 19.2 Å². The number of carbonyl (C=O) groups excluding carboxylic acids is 1. The number of carbonyl (C=O) groups is 1. The minimum absolute atomic E-state index is 0.0977. The summed E-state index contributed by atoms with van der Waals surface area (Å²) in [6.45, 7) is 6.83. The van der Waals surface area contributed by atoms with Gasteiger partial charge in [0.1, 0.15) is 16.8 Å². The molecule has 1 unspecified atom stereocenters. The van der Waals surface area contributed by atoms with Crippen molar-refractivity contribution in [1.29, 1.82) is 0 Å². The van der Waals surface area contributed by atoms with Crippen LogP contribution in [0.15, 0.2) is 42.5 Å². The summed E-state index contributed by atoms with van der Waals surface area (Å²) in [7, 11) is 1.69. The molecule has 2 aromatic carbocycles. The molecule has 10 heteroatoms. The topological polar surface area (TPSA) is 139 Å². The molecule has 6 N–H and O–H groups in total. The van der Waals surface area contributed by atoms with E-state index in [9.17, 15) is 4.79 Å². The van der Waals surface area contributed by atoms with Gasteiger partial charge in [-0.2, -0.15) is 4.98 Å². The number of nitrogens with zero attached hydrogens (tertiary/aromatic N) is 3. The molecule has 0 aliphatic carbocycles. The normalized spacial score (nSPS) is 14.8. The van der Waals surface area contributed by atoms with E-state index < -0.39 is 0 Å². The van der Waals surface area contributed by atoms with Crippen LogP contribution >= 0.6 is 0 Å². The molecule has 0 spiro atoms. The molecule has 3 heterocycles. The molecule has 0 radical (unpaired) electrons. The van der Waals surface area contributed by atoms with Crippen LogP contribution in [-0.2, 0) is 17.9 Å². The Hall–Kier alpha value is -3.89. The predicted octanol–water partition coefficient (Wildman–Crippen LogP) is 3.41. The third-order valence-electron chi connectivity index (χ3n) is 6.69. The fraction of sp³-hybridized carbons (Fsp3) is 0.414. The number of nitrogen functional groups attached to an aromatic ring is 1. The van der Waals surface area contributed by atoms with E-state index in [4.69, 9.17) is 15.6 Å². The molecule has 4 aromatic rings. The zero-order valence-electron chi connectivity index (χ0n) is 23.0. The third-order valence-corrected chi connectivity index (χ3v) is 6.69. The Kier molecular flexibility index (Phi) is 9.56. The van der Waals surface area contributed by atoms with Crippen LogP contribution < -0.4 is 26.4 Å². The van der Waals surface area contributed by atoms with Crippen LogP contribution in [0, 0.1) is 0 Å². The summed E-state index contributed by atoms with van der Waals surface area (Å²) in [5, 5.41) is 18.4. The van der Waals surface area contributed by atoms with Crippen LogP contribution in [-0.4, -0.2) is 58.4 Å². The van der Waals surface area contributed by atoms with E-state index in [1.807, 2.05) is 18.2 Å². The third kappa shape index (κ3) is 6.58. The Bertz CT molecular complexity index is 1420. The number of hydrogen-bond acceptors (Lipinski definition) is 8. The molecule has 1 saturated heterocycles. The molecular weight excluding hydrogens is 494 g/mol. The molecule has 1 amide bonds. The number of aliphatic hydroxyl groups excluding tert-OH is 1. The number of ether oxygens (including phenoxy) is 1. The number of benzene rings is 2. The van der Waals surface area contributed by atoms with E-state index in [0.717, 1.165) is 64.0 Å². The van der Waals surface area contributed by atoms with Crippen molar-refractivity contribution in [2.75, 3.05) is 37.9 Å². The fourth-order valence-corrected chi connectivity index (χ4v) is 4.86. The molecule has 10 nitrogen and oxygen atoms in total. The van der Waals surface area contributed by atoms with Gasteiger partial charge < -0.3 is 36.1 Å². The van der Waals surface area contributed by atoms with Crippen LogP contribution in [0.4, 0.5) is 11.8 Å². The lowest BCUT2D eigenvalue weighted by Crippen LogP contribution is -2.30. The maximum absolute atomic E-state index is 11.5.